The van der Waals surface area contributed by atoms with Gasteiger partial charge >= 0.3 is 0 Å². The molecule has 0 spiro atoms. The summed E-state index contributed by atoms with van der Waals surface area (Å²) < 4.78 is 5.28. The van der Waals surface area contributed by atoms with Crippen molar-refractivity contribution in [1.82, 2.24) is 0 Å². The number of aliphatic hydroxyl groups is 1. The number of ether oxygens (including phenoxy) is 1. The van der Waals surface area contributed by atoms with E-state index >= 15 is 0 Å². The number of nitrogens with zero attached hydrogens (tertiary/aromatic N) is 2. The van der Waals surface area contributed by atoms with Crippen LogP contribution in [0.25, 0.3) is 0 Å². The van der Waals surface area contributed by atoms with Gasteiger partial charge in [-0.1, -0.05) is 38.1 Å². The predicted molar refractivity (Wildman–Crippen MR) is 124 cm³/mol. The Labute approximate surface area is 175 Å². The molecular formula is C23H36N4O2. The second-order valence-electron chi connectivity index (χ2n) is 6.94. The van der Waals surface area contributed by atoms with Crippen LogP contribution in [0.1, 0.15) is 26.7 Å². The van der Waals surface area contributed by atoms with Crippen LogP contribution in [-0.2, 0) is 4.74 Å². The smallest absolute Gasteiger partial charge is 0.0642 e. The summed E-state index contributed by atoms with van der Waals surface area (Å²) in [7, 11) is 0. The van der Waals surface area contributed by atoms with Gasteiger partial charge in [-0.25, -0.2) is 0 Å². The first kappa shape index (κ1) is 22.8. The molecule has 2 aromatic carbocycles. The van der Waals surface area contributed by atoms with Crippen molar-refractivity contribution in [2.75, 3.05) is 60.7 Å². The summed E-state index contributed by atoms with van der Waals surface area (Å²) in [5.41, 5.74) is 15.7. The van der Waals surface area contributed by atoms with Gasteiger partial charge in [-0.3, -0.25) is 0 Å². The highest BCUT2D eigenvalue weighted by atomic mass is 16.5. The SMILES string of the molecule is CC.Nc1ccccc1N1CCC(O)CC1.Nc1ccccc1N1CCOCC1. The number of anilines is 4. The van der Waals surface area contributed by atoms with E-state index < -0.39 is 0 Å². The van der Waals surface area contributed by atoms with Crippen LogP contribution in [0.2, 0.25) is 0 Å². The third-order valence-electron chi connectivity index (χ3n) is 5.03. The zero-order chi connectivity index (χ0) is 21.1. The molecule has 4 rings (SSSR count). The summed E-state index contributed by atoms with van der Waals surface area (Å²) in [6.45, 7) is 9.27. The molecule has 0 radical (unpaired) electrons. The van der Waals surface area contributed by atoms with E-state index in [-0.39, 0.29) is 6.10 Å². The summed E-state index contributed by atoms with van der Waals surface area (Å²) >= 11 is 0. The lowest BCUT2D eigenvalue weighted by molar-refractivity contribution is 0.123. The summed E-state index contributed by atoms with van der Waals surface area (Å²) in [4.78, 5) is 4.50. The minimum absolute atomic E-state index is 0.129. The molecule has 0 unspecified atom stereocenters. The average molecular weight is 401 g/mol. The van der Waals surface area contributed by atoms with Crippen LogP contribution >= 0.6 is 0 Å². The van der Waals surface area contributed by atoms with Gasteiger partial charge in [-0.15, -0.1) is 0 Å². The van der Waals surface area contributed by atoms with E-state index in [4.69, 9.17) is 16.2 Å². The van der Waals surface area contributed by atoms with Crippen molar-refractivity contribution in [2.24, 2.45) is 0 Å². The lowest BCUT2D eigenvalue weighted by atomic mass is 10.1. The second kappa shape index (κ2) is 12.2. The summed E-state index contributed by atoms with van der Waals surface area (Å²) in [6, 6.07) is 15.9. The zero-order valence-corrected chi connectivity index (χ0v) is 17.8. The first-order valence-corrected chi connectivity index (χ1v) is 10.6. The number of nitrogen functional groups attached to an aromatic ring is 2. The van der Waals surface area contributed by atoms with Crippen LogP contribution in [0.4, 0.5) is 22.7 Å². The van der Waals surface area contributed by atoms with E-state index in [1.54, 1.807) is 0 Å². The molecular weight excluding hydrogens is 364 g/mol. The number of nitrogens with two attached hydrogens (primary N) is 2. The summed E-state index contributed by atoms with van der Waals surface area (Å²) in [6.07, 6.45) is 1.55. The number of benzene rings is 2. The number of piperidine rings is 1. The van der Waals surface area contributed by atoms with Crippen LogP contribution in [0.5, 0.6) is 0 Å². The number of hydrogen-bond acceptors (Lipinski definition) is 6. The average Bonchev–Trinajstić information content (AvgIpc) is 2.78. The highest BCUT2D eigenvalue weighted by Crippen LogP contribution is 2.25. The molecule has 0 saturated carbocycles. The highest BCUT2D eigenvalue weighted by molar-refractivity contribution is 5.68. The molecule has 0 amide bonds. The molecule has 2 aliphatic heterocycles. The van der Waals surface area contributed by atoms with Crippen molar-refractivity contribution in [3.8, 4) is 0 Å². The lowest BCUT2D eigenvalue weighted by Crippen LogP contribution is -2.36. The zero-order valence-electron chi connectivity index (χ0n) is 17.8. The van der Waals surface area contributed by atoms with Crippen molar-refractivity contribution in [2.45, 2.75) is 32.8 Å². The van der Waals surface area contributed by atoms with Crippen molar-refractivity contribution >= 4 is 22.7 Å². The number of morpholine rings is 1. The Bertz CT molecular complexity index is 712. The molecule has 0 aromatic heterocycles. The minimum Gasteiger partial charge on any atom is -0.397 e. The van der Waals surface area contributed by atoms with Gasteiger partial charge in [0, 0.05) is 26.2 Å². The molecule has 2 saturated heterocycles. The fourth-order valence-electron chi connectivity index (χ4n) is 3.46. The van der Waals surface area contributed by atoms with Crippen molar-refractivity contribution in [1.29, 1.82) is 0 Å². The van der Waals surface area contributed by atoms with E-state index in [2.05, 4.69) is 15.9 Å². The number of hydrogen-bond donors (Lipinski definition) is 3. The Balaban J connectivity index is 0.000000191. The molecule has 0 bridgehead atoms. The van der Waals surface area contributed by atoms with Gasteiger partial charge in [0.25, 0.3) is 0 Å². The normalized spacial score (nSPS) is 16.9. The predicted octanol–water partition coefficient (Wildman–Crippen LogP) is 3.36. The Hall–Kier alpha value is -2.44. The van der Waals surface area contributed by atoms with Crippen LogP contribution in [0.3, 0.4) is 0 Å². The molecule has 29 heavy (non-hydrogen) atoms. The Kier molecular flexibility index (Phi) is 9.60. The maximum absolute atomic E-state index is 9.39. The first-order valence-electron chi connectivity index (χ1n) is 10.6. The molecule has 6 nitrogen and oxygen atoms in total. The maximum atomic E-state index is 9.39. The fourth-order valence-corrected chi connectivity index (χ4v) is 3.46. The number of para-hydroxylation sites is 4. The Morgan fingerprint density at radius 2 is 1.17 bits per heavy atom. The molecule has 0 aliphatic carbocycles. The van der Waals surface area contributed by atoms with Gasteiger partial charge in [0.2, 0.25) is 0 Å². The third-order valence-corrected chi connectivity index (χ3v) is 5.03. The van der Waals surface area contributed by atoms with Crippen LogP contribution < -0.4 is 21.3 Å². The highest BCUT2D eigenvalue weighted by Gasteiger charge is 2.18. The molecule has 5 N–H and O–H groups in total. The van der Waals surface area contributed by atoms with E-state index in [0.29, 0.717) is 0 Å². The summed E-state index contributed by atoms with van der Waals surface area (Å²) in [5.74, 6) is 0. The van der Waals surface area contributed by atoms with Crippen LogP contribution in [0.15, 0.2) is 48.5 Å². The van der Waals surface area contributed by atoms with Crippen molar-refractivity contribution < 1.29 is 9.84 Å². The largest absolute Gasteiger partial charge is 0.397 e. The van der Waals surface area contributed by atoms with E-state index in [1.165, 1.54) is 0 Å². The summed E-state index contributed by atoms with van der Waals surface area (Å²) in [5, 5.41) is 9.39. The van der Waals surface area contributed by atoms with E-state index in [1.807, 2.05) is 56.3 Å². The molecule has 2 aliphatic rings. The second-order valence-corrected chi connectivity index (χ2v) is 6.94. The Morgan fingerprint density at radius 1 is 0.759 bits per heavy atom. The van der Waals surface area contributed by atoms with Gasteiger partial charge in [0.05, 0.1) is 42.1 Å². The first-order chi connectivity index (χ1) is 14.1. The number of rotatable bonds is 2. The minimum atomic E-state index is -0.129. The molecule has 2 fully saturated rings. The fraction of sp³-hybridized carbons (Fsp3) is 0.478. The maximum Gasteiger partial charge on any atom is 0.0642 e. The topological polar surface area (TPSA) is 88.0 Å². The molecule has 0 atom stereocenters. The van der Waals surface area contributed by atoms with Gasteiger partial charge in [-0.05, 0) is 37.1 Å². The van der Waals surface area contributed by atoms with Gasteiger partial charge in [-0.2, -0.15) is 0 Å². The van der Waals surface area contributed by atoms with E-state index in [0.717, 1.165) is 75.0 Å². The monoisotopic (exact) mass is 400 g/mol. The third kappa shape index (κ3) is 6.84. The van der Waals surface area contributed by atoms with Crippen LogP contribution in [0, 0.1) is 0 Å². The van der Waals surface area contributed by atoms with Gasteiger partial charge in [0.15, 0.2) is 0 Å². The van der Waals surface area contributed by atoms with Gasteiger partial charge in [0.1, 0.15) is 0 Å². The lowest BCUT2D eigenvalue weighted by Gasteiger charge is -2.32. The molecule has 160 valence electrons. The Morgan fingerprint density at radius 3 is 1.62 bits per heavy atom. The van der Waals surface area contributed by atoms with Gasteiger partial charge < -0.3 is 31.1 Å². The molecule has 2 aromatic rings. The number of aliphatic hydroxyl groups excluding tert-OH is 1. The standard InChI is InChI=1S/C11H16N2O.C10H14N2O.C2H6/c12-10-3-1-2-4-11(10)13-7-5-9(14)6-8-13;11-9-3-1-2-4-10(9)12-5-7-13-8-6-12;1-2/h1-4,9,14H,5-8,12H2;1-4H,5-8,11H2;1-2H3. The van der Waals surface area contributed by atoms with E-state index in [9.17, 15) is 5.11 Å². The molecule has 6 heteroatoms. The quantitative estimate of drug-likeness (QED) is 0.670. The molecule has 2 heterocycles. The van der Waals surface area contributed by atoms with Crippen LogP contribution in [-0.4, -0.2) is 50.6 Å². The van der Waals surface area contributed by atoms with Crippen molar-refractivity contribution in [3.63, 3.8) is 0 Å². The van der Waals surface area contributed by atoms with Crippen molar-refractivity contribution in [3.05, 3.63) is 48.5 Å².